The van der Waals surface area contributed by atoms with Gasteiger partial charge in [-0.1, -0.05) is 30.3 Å². The first kappa shape index (κ1) is 14.7. The quantitative estimate of drug-likeness (QED) is 0.850. The number of ether oxygens (including phenoxy) is 1. The molecule has 4 nitrogen and oxygen atoms in total. The highest BCUT2D eigenvalue weighted by molar-refractivity contribution is 7.17. The molecule has 5 heteroatoms. The van der Waals surface area contributed by atoms with Crippen molar-refractivity contribution < 1.29 is 9.53 Å². The fourth-order valence-electron chi connectivity index (χ4n) is 1.80. The van der Waals surface area contributed by atoms with Crippen LogP contribution in [-0.4, -0.2) is 43.1 Å². The van der Waals surface area contributed by atoms with Gasteiger partial charge in [0.05, 0.1) is 12.3 Å². The molecule has 0 aliphatic carbocycles. The van der Waals surface area contributed by atoms with Crippen LogP contribution in [0.15, 0.2) is 30.3 Å². The van der Waals surface area contributed by atoms with Gasteiger partial charge in [-0.25, -0.2) is 4.98 Å². The zero-order chi connectivity index (χ0) is 14.5. The van der Waals surface area contributed by atoms with E-state index in [0.29, 0.717) is 18.0 Å². The average molecular weight is 290 g/mol. The predicted octanol–water partition coefficient (Wildman–Crippen LogP) is 2.84. The van der Waals surface area contributed by atoms with Crippen LogP contribution in [0.2, 0.25) is 0 Å². The lowest BCUT2D eigenvalue weighted by Crippen LogP contribution is -2.29. The maximum atomic E-state index is 12.4. The summed E-state index contributed by atoms with van der Waals surface area (Å²) in [6, 6.07) is 9.91. The number of amides is 1. The third-order valence-electron chi connectivity index (χ3n) is 2.99. The lowest BCUT2D eigenvalue weighted by Gasteiger charge is -2.15. The van der Waals surface area contributed by atoms with Crippen LogP contribution < -0.4 is 0 Å². The van der Waals surface area contributed by atoms with Crippen LogP contribution >= 0.6 is 11.3 Å². The summed E-state index contributed by atoms with van der Waals surface area (Å²) >= 11 is 1.44. The molecule has 2 aromatic rings. The third kappa shape index (κ3) is 3.23. The molecule has 0 bridgehead atoms. The van der Waals surface area contributed by atoms with Crippen molar-refractivity contribution >= 4 is 17.2 Å². The zero-order valence-corrected chi connectivity index (χ0v) is 12.7. The Morgan fingerprint density at radius 3 is 2.70 bits per heavy atom. The van der Waals surface area contributed by atoms with Gasteiger partial charge in [-0.15, -0.1) is 11.3 Å². The number of carbonyl (C=O) groups excluding carboxylic acids is 1. The Bertz CT molecular complexity index is 581. The lowest BCUT2D eigenvalue weighted by molar-refractivity contribution is 0.0748. The fraction of sp³-hybridized carbons (Fsp3) is 0.333. The molecule has 0 fully saturated rings. The number of nitrogens with zero attached hydrogens (tertiary/aromatic N) is 2. The summed E-state index contributed by atoms with van der Waals surface area (Å²) in [5, 5.41) is 0.881. The standard InChI is InChI=1S/C15H18N2O2S/c1-11-13(15(18)17(2)9-10-19-3)20-14(16-11)12-7-5-4-6-8-12/h4-8H,9-10H2,1-3H3. The average Bonchev–Trinajstić information content (AvgIpc) is 2.87. The molecule has 1 heterocycles. The van der Waals surface area contributed by atoms with E-state index in [1.54, 1.807) is 19.1 Å². The molecule has 0 saturated carbocycles. The third-order valence-corrected chi connectivity index (χ3v) is 4.18. The number of aromatic nitrogens is 1. The summed E-state index contributed by atoms with van der Waals surface area (Å²) in [5.41, 5.74) is 1.82. The van der Waals surface area contributed by atoms with Gasteiger partial charge < -0.3 is 9.64 Å². The minimum atomic E-state index is -0.000712. The number of hydrogen-bond acceptors (Lipinski definition) is 4. The number of likely N-dealkylation sites (N-methyl/N-ethyl adjacent to an activating group) is 1. The van der Waals surface area contributed by atoms with Crippen molar-refractivity contribution in [3.63, 3.8) is 0 Å². The van der Waals surface area contributed by atoms with E-state index in [1.165, 1.54) is 11.3 Å². The van der Waals surface area contributed by atoms with Crippen LogP contribution in [0.3, 0.4) is 0 Å². The van der Waals surface area contributed by atoms with Gasteiger partial charge in [0.25, 0.3) is 5.91 Å². The summed E-state index contributed by atoms with van der Waals surface area (Å²) in [7, 11) is 3.41. The molecule has 0 aliphatic heterocycles. The molecule has 1 aromatic heterocycles. The Labute approximate surface area is 123 Å². The predicted molar refractivity (Wildman–Crippen MR) is 81.1 cm³/mol. The highest BCUT2D eigenvalue weighted by Crippen LogP contribution is 2.28. The largest absolute Gasteiger partial charge is 0.383 e. The molecule has 1 aromatic carbocycles. The molecule has 0 N–H and O–H groups in total. The molecule has 2 rings (SSSR count). The van der Waals surface area contributed by atoms with Crippen LogP contribution in [0.4, 0.5) is 0 Å². The van der Waals surface area contributed by atoms with Gasteiger partial charge in [0, 0.05) is 26.3 Å². The molecular formula is C15H18N2O2S. The SMILES string of the molecule is COCCN(C)C(=O)c1sc(-c2ccccc2)nc1C. The van der Waals surface area contributed by atoms with E-state index in [9.17, 15) is 4.79 Å². The molecule has 1 amide bonds. The number of hydrogen-bond donors (Lipinski definition) is 0. The number of benzene rings is 1. The van der Waals surface area contributed by atoms with E-state index in [1.807, 2.05) is 37.3 Å². The van der Waals surface area contributed by atoms with E-state index in [-0.39, 0.29) is 5.91 Å². The number of thiazole rings is 1. The molecule has 0 unspecified atom stereocenters. The maximum Gasteiger partial charge on any atom is 0.265 e. The van der Waals surface area contributed by atoms with Gasteiger partial charge in [-0.2, -0.15) is 0 Å². The van der Waals surface area contributed by atoms with Gasteiger partial charge in [-0.3, -0.25) is 4.79 Å². The van der Waals surface area contributed by atoms with Crippen LogP contribution in [0.5, 0.6) is 0 Å². The smallest absolute Gasteiger partial charge is 0.265 e. The number of aryl methyl sites for hydroxylation is 1. The second-order valence-electron chi connectivity index (χ2n) is 4.52. The Hall–Kier alpha value is -1.72. The minimum absolute atomic E-state index is 0.000712. The Morgan fingerprint density at radius 1 is 1.35 bits per heavy atom. The Kier molecular flexibility index (Phi) is 4.87. The van der Waals surface area contributed by atoms with Crippen molar-refractivity contribution in [1.82, 2.24) is 9.88 Å². The first-order chi connectivity index (χ1) is 9.63. The number of carbonyl (C=O) groups is 1. The summed E-state index contributed by atoms with van der Waals surface area (Å²) in [4.78, 5) is 19.2. The maximum absolute atomic E-state index is 12.4. The van der Waals surface area contributed by atoms with Gasteiger partial charge >= 0.3 is 0 Å². The van der Waals surface area contributed by atoms with Crippen LogP contribution in [0, 0.1) is 6.92 Å². The molecule has 0 radical (unpaired) electrons. The Balaban J connectivity index is 2.21. The topological polar surface area (TPSA) is 42.4 Å². The molecule has 106 valence electrons. The van der Waals surface area contributed by atoms with Gasteiger partial charge in [0.1, 0.15) is 9.88 Å². The van der Waals surface area contributed by atoms with Crippen LogP contribution in [-0.2, 0) is 4.74 Å². The molecule has 20 heavy (non-hydrogen) atoms. The zero-order valence-electron chi connectivity index (χ0n) is 11.9. The fourth-order valence-corrected chi connectivity index (χ4v) is 2.87. The first-order valence-electron chi connectivity index (χ1n) is 6.40. The second kappa shape index (κ2) is 6.63. The van der Waals surface area contributed by atoms with Crippen LogP contribution in [0.25, 0.3) is 10.6 Å². The molecule has 0 saturated heterocycles. The van der Waals surface area contributed by atoms with Crippen molar-refractivity contribution in [3.05, 3.63) is 40.9 Å². The van der Waals surface area contributed by atoms with E-state index < -0.39 is 0 Å². The summed E-state index contributed by atoms with van der Waals surface area (Å²) in [5.74, 6) is -0.000712. The highest BCUT2D eigenvalue weighted by atomic mass is 32.1. The normalized spacial score (nSPS) is 10.6. The first-order valence-corrected chi connectivity index (χ1v) is 7.22. The molecule has 0 aliphatic rings. The van der Waals surface area contributed by atoms with E-state index >= 15 is 0 Å². The van der Waals surface area contributed by atoms with Crippen molar-refractivity contribution in [2.45, 2.75) is 6.92 Å². The second-order valence-corrected chi connectivity index (χ2v) is 5.52. The van der Waals surface area contributed by atoms with Gasteiger partial charge in [0.15, 0.2) is 0 Å². The van der Waals surface area contributed by atoms with E-state index in [2.05, 4.69) is 4.98 Å². The molecule has 0 atom stereocenters. The van der Waals surface area contributed by atoms with Crippen molar-refractivity contribution in [3.8, 4) is 10.6 Å². The summed E-state index contributed by atoms with van der Waals surface area (Å²) in [6.45, 7) is 2.99. The minimum Gasteiger partial charge on any atom is -0.383 e. The number of rotatable bonds is 5. The van der Waals surface area contributed by atoms with Gasteiger partial charge in [0.2, 0.25) is 0 Å². The molecule has 0 spiro atoms. The molecular weight excluding hydrogens is 272 g/mol. The number of methoxy groups -OCH3 is 1. The van der Waals surface area contributed by atoms with Crippen molar-refractivity contribution in [2.24, 2.45) is 0 Å². The summed E-state index contributed by atoms with van der Waals surface area (Å²) < 4.78 is 5.00. The Morgan fingerprint density at radius 2 is 2.05 bits per heavy atom. The van der Waals surface area contributed by atoms with Gasteiger partial charge in [-0.05, 0) is 6.92 Å². The monoisotopic (exact) mass is 290 g/mol. The van der Waals surface area contributed by atoms with E-state index in [0.717, 1.165) is 16.3 Å². The van der Waals surface area contributed by atoms with Crippen molar-refractivity contribution in [2.75, 3.05) is 27.3 Å². The summed E-state index contributed by atoms with van der Waals surface area (Å²) in [6.07, 6.45) is 0. The lowest BCUT2D eigenvalue weighted by atomic mass is 10.2. The van der Waals surface area contributed by atoms with Crippen LogP contribution in [0.1, 0.15) is 15.4 Å². The van der Waals surface area contributed by atoms with Crippen molar-refractivity contribution in [1.29, 1.82) is 0 Å². The highest BCUT2D eigenvalue weighted by Gasteiger charge is 2.19. The van der Waals surface area contributed by atoms with E-state index in [4.69, 9.17) is 4.74 Å².